The molecule has 146 valence electrons. The van der Waals surface area contributed by atoms with Gasteiger partial charge in [0.05, 0.1) is 16.7 Å². The van der Waals surface area contributed by atoms with Crippen LogP contribution in [0.3, 0.4) is 0 Å². The van der Waals surface area contributed by atoms with E-state index in [1.807, 2.05) is 24.3 Å². The van der Waals surface area contributed by atoms with Crippen LogP contribution in [-0.2, 0) is 6.61 Å². The lowest BCUT2D eigenvalue weighted by atomic mass is 10.2. The van der Waals surface area contributed by atoms with Gasteiger partial charge in [0, 0.05) is 22.2 Å². The molecule has 0 spiro atoms. The molecule has 8 heteroatoms. The lowest BCUT2D eigenvalue weighted by Crippen LogP contribution is -2.18. The molecule has 7 nitrogen and oxygen atoms in total. The number of benzene rings is 3. The Hall–Kier alpha value is -3.52. The van der Waals surface area contributed by atoms with Crippen LogP contribution in [0.2, 0.25) is 0 Å². The summed E-state index contributed by atoms with van der Waals surface area (Å²) < 4.78 is 6.74. The first-order chi connectivity index (χ1) is 14.0. The second-order valence-corrected chi connectivity index (χ2v) is 6.88. The van der Waals surface area contributed by atoms with E-state index in [0.717, 1.165) is 10.0 Å². The lowest BCUT2D eigenvalue weighted by Gasteiger charge is -2.10. The first-order valence-corrected chi connectivity index (χ1v) is 9.36. The first-order valence-electron chi connectivity index (χ1n) is 8.57. The minimum Gasteiger partial charge on any atom is -0.488 e. The number of nitrogens with zero attached hydrogens (tertiary/aromatic N) is 2. The summed E-state index contributed by atoms with van der Waals surface area (Å²) >= 11 is 3.41. The van der Waals surface area contributed by atoms with E-state index in [4.69, 9.17) is 4.74 Å². The largest absolute Gasteiger partial charge is 0.488 e. The van der Waals surface area contributed by atoms with Gasteiger partial charge < -0.3 is 4.74 Å². The Morgan fingerprint density at radius 2 is 1.90 bits per heavy atom. The van der Waals surface area contributed by atoms with Gasteiger partial charge in [0.15, 0.2) is 0 Å². The maximum Gasteiger partial charge on any atom is 0.275 e. The van der Waals surface area contributed by atoms with Crippen LogP contribution in [0.1, 0.15) is 21.5 Å². The van der Waals surface area contributed by atoms with E-state index in [9.17, 15) is 14.9 Å². The van der Waals surface area contributed by atoms with Crippen molar-refractivity contribution in [1.29, 1.82) is 0 Å². The predicted octanol–water partition coefficient (Wildman–Crippen LogP) is 4.70. The van der Waals surface area contributed by atoms with Crippen molar-refractivity contribution in [3.8, 4) is 5.75 Å². The number of nitrogens with one attached hydrogen (secondary N) is 1. The zero-order chi connectivity index (χ0) is 20.6. The Morgan fingerprint density at radius 3 is 2.69 bits per heavy atom. The minimum absolute atomic E-state index is 0.0495. The predicted molar refractivity (Wildman–Crippen MR) is 113 cm³/mol. The van der Waals surface area contributed by atoms with Gasteiger partial charge in [0.1, 0.15) is 12.4 Å². The number of carbonyl (C=O) groups excluding carboxylic acids is 1. The summed E-state index contributed by atoms with van der Waals surface area (Å²) in [6, 6.07) is 20.5. The van der Waals surface area contributed by atoms with Gasteiger partial charge in [-0.05, 0) is 29.8 Å². The molecule has 0 aliphatic rings. The zero-order valence-electron chi connectivity index (χ0n) is 15.1. The lowest BCUT2D eigenvalue weighted by molar-refractivity contribution is -0.384. The number of hydrazone groups is 1. The van der Waals surface area contributed by atoms with Gasteiger partial charge in [0.25, 0.3) is 11.6 Å². The third-order valence-electron chi connectivity index (χ3n) is 3.88. The summed E-state index contributed by atoms with van der Waals surface area (Å²) in [6.07, 6.45) is 1.34. The van der Waals surface area contributed by atoms with Gasteiger partial charge in [0.2, 0.25) is 0 Å². The number of ether oxygens (including phenoxy) is 1. The molecule has 3 aromatic carbocycles. The molecule has 0 heterocycles. The number of rotatable bonds is 7. The molecule has 3 rings (SSSR count). The molecule has 0 unspecified atom stereocenters. The molecule has 0 atom stereocenters. The fourth-order valence-electron chi connectivity index (χ4n) is 2.51. The monoisotopic (exact) mass is 453 g/mol. The number of halogens is 1. The Kier molecular flexibility index (Phi) is 6.70. The molecule has 0 bridgehead atoms. The number of nitro groups is 1. The van der Waals surface area contributed by atoms with E-state index in [-0.39, 0.29) is 5.69 Å². The fourth-order valence-corrected chi connectivity index (χ4v) is 2.96. The Bertz CT molecular complexity index is 1070. The fraction of sp³-hybridized carbons (Fsp3) is 0.0476. The van der Waals surface area contributed by atoms with Crippen molar-refractivity contribution in [2.75, 3.05) is 0 Å². The number of amides is 1. The number of hydrogen-bond donors (Lipinski definition) is 1. The van der Waals surface area contributed by atoms with E-state index >= 15 is 0 Å². The molecule has 29 heavy (non-hydrogen) atoms. The average molecular weight is 454 g/mol. The quantitative estimate of drug-likeness (QED) is 0.318. The number of nitro benzene ring substituents is 1. The van der Waals surface area contributed by atoms with Gasteiger partial charge in [-0.2, -0.15) is 5.10 Å². The summed E-state index contributed by atoms with van der Waals surface area (Å²) in [4.78, 5) is 22.8. The molecule has 0 fully saturated rings. The Labute approximate surface area is 175 Å². The van der Waals surface area contributed by atoms with Crippen LogP contribution in [0.25, 0.3) is 0 Å². The second-order valence-electron chi connectivity index (χ2n) is 5.97. The van der Waals surface area contributed by atoms with Crippen LogP contribution in [0, 0.1) is 10.1 Å². The van der Waals surface area contributed by atoms with Gasteiger partial charge in [-0.1, -0.05) is 52.3 Å². The summed E-state index contributed by atoms with van der Waals surface area (Å²) in [7, 11) is 0. The molecule has 1 amide bonds. The van der Waals surface area contributed by atoms with E-state index in [0.29, 0.717) is 23.5 Å². The summed E-state index contributed by atoms with van der Waals surface area (Å²) in [6.45, 7) is 0.306. The highest BCUT2D eigenvalue weighted by Gasteiger charge is 2.12. The standard InChI is InChI=1S/C21H16BrN3O4/c22-17-7-3-6-16(11-17)14-29-20-10-2-1-9-19(20)21(26)24-23-13-15-5-4-8-18(12-15)25(27)28/h1-13H,14H2,(H,24,26)/b23-13-. The number of carbonyl (C=O) groups is 1. The smallest absolute Gasteiger partial charge is 0.275 e. The van der Waals surface area contributed by atoms with Crippen LogP contribution >= 0.6 is 15.9 Å². The number of para-hydroxylation sites is 1. The maximum atomic E-state index is 12.5. The highest BCUT2D eigenvalue weighted by molar-refractivity contribution is 9.10. The molecular formula is C21H16BrN3O4. The van der Waals surface area contributed by atoms with Crippen molar-refractivity contribution in [3.63, 3.8) is 0 Å². The SMILES string of the molecule is O=C(N/N=C\c1cccc([N+](=O)[O-])c1)c1ccccc1OCc1cccc(Br)c1. The van der Waals surface area contributed by atoms with Gasteiger partial charge in [-0.15, -0.1) is 0 Å². The molecule has 0 aliphatic heterocycles. The van der Waals surface area contributed by atoms with Crippen molar-refractivity contribution in [2.45, 2.75) is 6.61 Å². The minimum atomic E-state index is -0.491. The normalized spacial score (nSPS) is 10.7. The van der Waals surface area contributed by atoms with Crippen LogP contribution in [0.5, 0.6) is 5.75 Å². The van der Waals surface area contributed by atoms with Gasteiger partial charge in [-0.3, -0.25) is 14.9 Å². The Morgan fingerprint density at radius 1 is 1.10 bits per heavy atom. The second kappa shape index (κ2) is 9.61. The van der Waals surface area contributed by atoms with Crippen molar-refractivity contribution >= 4 is 33.7 Å². The summed E-state index contributed by atoms with van der Waals surface area (Å²) in [5.74, 6) is -0.0213. The third-order valence-corrected chi connectivity index (χ3v) is 4.37. The summed E-state index contributed by atoms with van der Waals surface area (Å²) in [5.41, 5.74) is 4.16. The zero-order valence-corrected chi connectivity index (χ0v) is 16.7. The van der Waals surface area contributed by atoms with Crippen molar-refractivity contribution in [1.82, 2.24) is 5.43 Å². The van der Waals surface area contributed by atoms with E-state index in [1.54, 1.807) is 36.4 Å². The molecule has 0 saturated carbocycles. The molecular weight excluding hydrogens is 438 g/mol. The van der Waals surface area contributed by atoms with Crippen molar-refractivity contribution in [3.05, 3.63) is 104 Å². The first kappa shape index (κ1) is 20.2. The Balaban J connectivity index is 1.66. The molecule has 1 N–H and O–H groups in total. The van der Waals surface area contributed by atoms with Crippen molar-refractivity contribution in [2.24, 2.45) is 5.10 Å². The van der Waals surface area contributed by atoms with Crippen LogP contribution in [0.15, 0.2) is 82.4 Å². The van der Waals surface area contributed by atoms with Gasteiger partial charge in [-0.25, -0.2) is 5.43 Å². The molecule has 0 saturated heterocycles. The third kappa shape index (κ3) is 5.73. The number of non-ortho nitro benzene ring substituents is 1. The highest BCUT2D eigenvalue weighted by Crippen LogP contribution is 2.20. The van der Waals surface area contributed by atoms with Crippen LogP contribution in [-0.4, -0.2) is 17.0 Å². The topological polar surface area (TPSA) is 93.8 Å². The summed E-state index contributed by atoms with van der Waals surface area (Å²) in [5, 5.41) is 14.7. The van der Waals surface area contributed by atoms with Crippen LogP contribution < -0.4 is 10.2 Å². The van der Waals surface area contributed by atoms with E-state index in [2.05, 4.69) is 26.5 Å². The molecule has 0 aromatic heterocycles. The molecule has 3 aromatic rings. The van der Waals surface area contributed by atoms with E-state index < -0.39 is 10.8 Å². The highest BCUT2D eigenvalue weighted by atomic mass is 79.9. The van der Waals surface area contributed by atoms with Crippen LogP contribution in [0.4, 0.5) is 5.69 Å². The average Bonchev–Trinajstić information content (AvgIpc) is 2.72. The number of hydrogen-bond acceptors (Lipinski definition) is 5. The van der Waals surface area contributed by atoms with E-state index in [1.165, 1.54) is 18.3 Å². The maximum absolute atomic E-state index is 12.5. The molecule has 0 aliphatic carbocycles. The molecule has 0 radical (unpaired) electrons. The van der Waals surface area contributed by atoms with Gasteiger partial charge >= 0.3 is 0 Å². The van der Waals surface area contributed by atoms with Crippen molar-refractivity contribution < 1.29 is 14.5 Å².